The van der Waals surface area contributed by atoms with Crippen LogP contribution in [0.3, 0.4) is 0 Å². The molecule has 4 heterocycles. The van der Waals surface area contributed by atoms with Crippen molar-refractivity contribution in [2.45, 2.75) is 94.8 Å². The quantitative estimate of drug-likeness (QED) is 0.226. The number of aromatic nitrogens is 5. The molecule has 1 aliphatic heterocycles. The number of nitrogens with zero attached hydrogens (tertiary/aromatic N) is 5. The van der Waals surface area contributed by atoms with Crippen LogP contribution in [-0.2, 0) is 22.6 Å². The number of fused-ring (bicyclic) bond motifs is 1. The highest BCUT2D eigenvalue weighted by atomic mass is 19.4. The van der Waals surface area contributed by atoms with Crippen molar-refractivity contribution in [1.82, 2.24) is 40.9 Å². The number of imidazole rings is 1. The summed E-state index contributed by atoms with van der Waals surface area (Å²) in [7, 11) is 0. The zero-order valence-corrected chi connectivity index (χ0v) is 24.9. The van der Waals surface area contributed by atoms with E-state index in [2.05, 4.69) is 30.3 Å². The summed E-state index contributed by atoms with van der Waals surface area (Å²) in [6, 6.07) is -0.155. The van der Waals surface area contributed by atoms with Crippen LogP contribution in [-0.4, -0.2) is 74.2 Å². The standard InChI is InChI=1S/C19H18F3N7O3.C6H10F2.C3H5F2NO/c20-19(21,22)13-5-11(17(30)26-13)3-9-4-14-25-12(8-29(14)24-6-9)7-23-18(31)16-15(10-1-2-10)27-32-28-16;7-6(8)4-2-1-3-5-6;4-3(5)1-6-2-7/h4,6,8,10-11,13H,1-3,5,7H2,(H,23,31)(H,26,30);1-5H2;2-3H,1H2,(H,6,7). The van der Waals surface area contributed by atoms with E-state index in [9.17, 15) is 45.1 Å². The lowest BCUT2D eigenvalue weighted by Crippen LogP contribution is -2.38. The van der Waals surface area contributed by atoms with Crippen molar-refractivity contribution in [3.05, 3.63) is 41.1 Å². The molecule has 2 unspecified atom stereocenters. The highest BCUT2D eigenvalue weighted by Gasteiger charge is 2.47. The minimum absolute atomic E-state index is 0.118. The average Bonchev–Trinajstić information content (AvgIpc) is 3.40. The van der Waals surface area contributed by atoms with Crippen molar-refractivity contribution in [3.63, 3.8) is 0 Å². The van der Waals surface area contributed by atoms with Crippen LogP contribution in [0.4, 0.5) is 30.7 Å². The van der Waals surface area contributed by atoms with E-state index < -0.39 is 48.8 Å². The molecule has 3 N–H and O–H groups in total. The Kier molecular flexibility index (Phi) is 11.7. The third-order valence-electron chi connectivity index (χ3n) is 7.58. The molecule has 3 fully saturated rings. The van der Waals surface area contributed by atoms with Gasteiger partial charge in [-0.15, -0.1) is 0 Å². The maximum Gasteiger partial charge on any atom is 0.408 e. The van der Waals surface area contributed by atoms with Crippen LogP contribution in [0.5, 0.6) is 0 Å². The third-order valence-corrected chi connectivity index (χ3v) is 7.58. The van der Waals surface area contributed by atoms with Crippen LogP contribution >= 0.6 is 0 Å². The van der Waals surface area contributed by atoms with Crippen LogP contribution in [0.25, 0.3) is 5.65 Å². The predicted octanol–water partition coefficient (Wildman–Crippen LogP) is 4.11. The van der Waals surface area contributed by atoms with Gasteiger partial charge >= 0.3 is 6.18 Å². The summed E-state index contributed by atoms with van der Waals surface area (Å²) in [6.07, 6.45) is 0.854. The molecule has 3 aromatic rings. The molecule has 2 aliphatic carbocycles. The molecule has 258 valence electrons. The van der Waals surface area contributed by atoms with Crippen molar-refractivity contribution in [2.24, 2.45) is 5.92 Å². The highest BCUT2D eigenvalue weighted by molar-refractivity contribution is 5.93. The average molecular weight is 679 g/mol. The number of amides is 3. The van der Waals surface area contributed by atoms with E-state index in [1.54, 1.807) is 12.3 Å². The van der Waals surface area contributed by atoms with Crippen molar-refractivity contribution in [3.8, 4) is 0 Å². The molecule has 3 aliphatic rings. The third kappa shape index (κ3) is 10.6. The van der Waals surface area contributed by atoms with Crippen LogP contribution in [0.15, 0.2) is 23.1 Å². The number of carbonyl (C=O) groups is 3. The minimum atomic E-state index is -4.46. The number of hydrogen-bond acceptors (Lipinski definition) is 8. The number of nitrogens with one attached hydrogen (secondary N) is 3. The van der Waals surface area contributed by atoms with E-state index in [0.717, 1.165) is 19.3 Å². The monoisotopic (exact) mass is 678 g/mol. The maximum atomic E-state index is 12.9. The molecular weight excluding hydrogens is 645 g/mol. The van der Waals surface area contributed by atoms with Crippen LogP contribution in [0.1, 0.15) is 84.7 Å². The molecule has 19 heteroatoms. The van der Waals surface area contributed by atoms with E-state index in [0.29, 0.717) is 35.4 Å². The lowest BCUT2D eigenvalue weighted by molar-refractivity contribution is -0.154. The summed E-state index contributed by atoms with van der Waals surface area (Å²) in [4.78, 5) is 37.9. The van der Waals surface area contributed by atoms with E-state index >= 15 is 0 Å². The Bertz CT molecular complexity index is 1500. The lowest BCUT2D eigenvalue weighted by Gasteiger charge is -2.20. The van der Waals surface area contributed by atoms with Gasteiger partial charge in [0.05, 0.1) is 31.2 Å². The topological polar surface area (TPSA) is 156 Å². The summed E-state index contributed by atoms with van der Waals surface area (Å²) in [6.45, 7) is -0.434. The zero-order valence-electron chi connectivity index (χ0n) is 24.9. The first kappa shape index (κ1) is 35.5. The number of alkyl halides is 7. The summed E-state index contributed by atoms with van der Waals surface area (Å²) in [5.74, 6) is -3.92. The SMILES string of the molecule is FC1(F)CCCCC1.O=C(NCc1cn2ncc(CC3CC(C(F)(F)F)NC3=O)cc2n1)c1nonc1C1CC1.O=CNCC(F)F. The van der Waals surface area contributed by atoms with Gasteiger partial charge < -0.3 is 16.0 Å². The van der Waals surface area contributed by atoms with Crippen LogP contribution in [0.2, 0.25) is 0 Å². The van der Waals surface area contributed by atoms with Gasteiger partial charge in [0.2, 0.25) is 18.2 Å². The molecule has 2 saturated carbocycles. The molecule has 6 rings (SSSR count). The molecule has 0 bridgehead atoms. The molecule has 0 radical (unpaired) electrons. The molecule has 3 aromatic heterocycles. The fraction of sp³-hybridized carbons (Fsp3) is 0.607. The Morgan fingerprint density at radius 2 is 1.89 bits per heavy atom. The van der Waals surface area contributed by atoms with E-state index in [1.807, 2.05) is 10.6 Å². The van der Waals surface area contributed by atoms with Crippen LogP contribution < -0.4 is 16.0 Å². The second-order valence-corrected chi connectivity index (χ2v) is 11.4. The van der Waals surface area contributed by atoms with Crippen molar-refractivity contribution in [2.75, 3.05) is 6.54 Å². The molecule has 3 amide bonds. The summed E-state index contributed by atoms with van der Waals surface area (Å²) >= 11 is 0. The highest BCUT2D eigenvalue weighted by Crippen LogP contribution is 2.40. The van der Waals surface area contributed by atoms with Crippen LogP contribution in [0, 0.1) is 5.92 Å². The second kappa shape index (κ2) is 15.5. The fourth-order valence-corrected chi connectivity index (χ4v) is 5.02. The van der Waals surface area contributed by atoms with Gasteiger partial charge in [-0.25, -0.2) is 31.7 Å². The van der Waals surface area contributed by atoms with E-state index in [1.165, 1.54) is 10.7 Å². The molecule has 0 spiro atoms. The Morgan fingerprint density at radius 1 is 1.17 bits per heavy atom. The Labute approximate surface area is 263 Å². The van der Waals surface area contributed by atoms with Gasteiger partial charge in [-0.05, 0) is 55.3 Å². The van der Waals surface area contributed by atoms with Crippen molar-refractivity contribution in [1.29, 1.82) is 0 Å². The van der Waals surface area contributed by atoms with Gasteiger partial charge in [0.15, 0.2) is 11.3 Å². The number of hydrogen-bond donors (Lipinski definition) is 3. The van der Waals surface area contributed by atoms with Gasteiger partial charge in [-0.3, -0.25) is 14.4 Å². The van der Waals surface area contributed by atoms with Gasteiger partial charge in [-0.1, -0.05) is 11.6 Å². The van der Waals surface area contributed by atoms with E-state index in [-0.39, 0.29) is 50.2 Å². The molecule has 12 nitrogen and oxygen atoms in total. The number of carbonyl (C=O) groups excluding carboxylic acids is 3. The Morgan fingerprint density at radius 3 is 2.45 bits per heavy atom. The molecular formula is C28H33F7N8O4. The van der Waals surface area contributed by atoms with Gasteiger partial charge in [0.1, 0.15) is 11.7 Å². The Balaban J connectivity index is 0.000000276. The van der Waals surface area contributed by atoms with Gasteiger partial charge in [-0.2, -0.15) is 18.3 Å². The summed E-state index contributed by atoms with van der Waals surface area (Å²) < 4.78 is 91.2. The predicted molar refractivity (Wildman–Crippen MR) is 148 cm³/mol. The first-order valence-corrected chi connectivity index (χ1v) is 14.9. The lowest BCUT2D eigenvalue weighted by atomic mass is 9.97. The first-order chi connectivity index (χ1) is 22.3. The van der Waals surface area contributed by atoms with Crippen molar-refractivity contribution < 1.29 is 49.7 Å². The second-order valence-electron chi connectivity index (χ2n) is 11.4. The molecule has 2 atom stereocenters. The summed E-state index contributed by atoms with van der Waals surface area (Å²) in [5.41, 5.74) is 2.32. The first-order valence-electron chi connectivity index (χ1n) is 14.9. The van der Waals surface area contributed by atoms with Crippen molar-refractivity contribution >= 4 is 23.9 Å². The Hall–Kier alpha value is -4.32. The van der Waals surface area contributed by atoms with Gasteiger partial charge in [0, 0.05) is 24.7 Å². The molecule has 1 saturated heterocycles. The fourth-order valence-electron chi connectivity index (χ4n) is 5.02. The largest absolute Gasteiger partial charge is 0.408 e. The maximum absolute atomic E-state index is 12.9. The molecule has 0 aromatic carbocycles. The number of rotatable bonds is 9. The molecule has 47 heavy (non-hydrogen) atoms. The smallest absolute Gasteiger partial charge is 0.353 e. The number of halogens is 7. The minimum Gasteiger partial charge on any atom is -0.353 e. The van der Waals surface area contributed by atoms with Gasteiger partial charge in [0.25, 0.3) is 12.3 Å². The van der Waals surface area contributed by atoms with E-state index in [4.69, 9.17) is 0 Å². The summed E-state index contributed by atoms with van der Waals surface area (Å²) in [5, 5.41) is 18.2. The normalized spacial score (nSPS) is 20.5. The zero-order chi connectivity index (χ0) is 34.2.